The van der Waals surface area contributed by atoms with Gasteiger partial charge in [0.25, 0.3) is 0 Å². The molecule has 1 fully saturated rings. The van der Waals surface area contributed by atoms with E-state index in [0.29, 0.717) is 10.1 Å². The lowest BCUT2D eigenvalue weighted by Gasteiger charge is -2.19. The Kier molecular flexibility index (Phi) is 5.35. The molecule has 1 aliphatic rings. The van der Waals surface area contributed by atoms with Crippen molar-refractivity contribution in [1.82, 2.24) is 4.72 Å². The molecule has 0 spiro atoms. The SMILES string of the molecule is CCNc1ccc(S(=O)(=O)NC2CCCC2SC)cc1. The lowest BCUT2D eigenvalue weighted by atomic mass is 10.3. The lowest BCUT2D eigenvalue weighted by Crippen LogP contribution is -2.38. The Bertz CT molecular complexity index is 529. The second kappa shape index (κ2) is 6.83. The second-order valence-electron chi connectivity index (χ2n) is 4.99. The topological polar surface area (TPSA) is 58.2 Å². The number of thioether (sulfide) groups is 1. The summed E-state index contributed by atoms with van der Waals surface area (Å²) >= 11 is 1.75. The summed E-state index contributed by atoms with van der Waals surface area (Å²) in [5.41, 5.74) is 0.939. The van der Waals surface area contributed by atoms with Crippen LogP contribution in [0.3, 0.4) is 0 Å². The molecular weight excluding hydrogens is 292 g/mol. The monoisotopic (exact) mass is 314 g/mol. The molecule has 1 aromatic rings. The first-order valence-corrected chi connectivity index (χ1v) is 9.73. The van der Waals surface area contributed by atoms with Gasteiger partial charge in [0, 0.05) is 23.5 Å². The molecule has 112 valence electrons. The highest BCUT2D eigenvalue weighted by molar-refractivity contribution is 7.99. The number of benzene rings is 1. The molecule has 2 atom stereocenters. The zero-order valence-electron chi connectivity index (χ0n) is 11.9. The van der Waals surface area contributed by atoms with Crippen LogP contribution in [0.4, 0.5) is 5.69 Å². The second-order valence-corrected chi connectivity index (χ2v) is 7.78. The first kappa shape index (κ1) is 15.7. The van der Waals surface area contributed by atoms with Crippen LogP contribution in [0.25, 0.3) is 0 Å². The fraction of sp³-hybridized carbons (Fsp3) is 0.571. The molecule has 2 N–H and O–H groups in total. The van der Waals surface area contributed by atoms with E-state index in [-0.39, 0.29) is 6.04 Å². The van der Waals surface area contributed by atoms with Crippen molar-refractivity contribution in [3.05, 3.63) is 24.3 Å². The Balaban J connectivity index is 2.09. The summed E-state index contributed by atoms with van der Waals surface area (Å²) in [4.78, 5) is 0.339. The van der Waals surface area contributed by atoms with Crippen molar-refractivity contribution < 1.29 is 8.42 Å². The van der Waals surface area contributed by atoms with Crippen molar-refractivity contribution in [2.75, 3.05) is 18.1 Å². The zero-order valence-corrected chi connectivity index (χ0v) is 13.6. The normalized spacial score (nSPS) is 22.9. The third-order valence-corrected chi connectivity index (χ3v) is 6.28. The van der Waals surface area contributed by atoms with Gasteiger partial charge in [0.2, 0.25) is 10.0 Å². The van der Waals surface area contributed by atoms with Crippen molar-refractivity contribution in [1.29, 1.82) is 0 Å². The van der Waals surface area contributed by atoms with E-state index in [1.54, 1.807) is 36.0 Å². The first-order valence-electron chi connectivity index (χ1n) is 6.96. The maximum atomic E-state index is 12.4. The number of hydrogen-bond donors (Lipinski definition) is 2. The van der Waals surface area contributed by atoms with Gasteiger partial charge in [0.1, 0.15) is 0 Å². The van der Waals surface area contributed by atoms with E-state index in [9.17, 15) is 8.42 Å². The summed E-state index contributed by atoms with van der Waals surface area (Å²) in [5, 5.41) is 3.55. The highest BCUT2D eigenvalue weighted by Crippen LogP contribution is 2.29. The van der Waals surface area contributed by atoms with E-state index in [1.807, 2.05) is 13.2 Å². The highest BCUT2D eigenvalue weighted by Gasteiger charge is 2.30. The van der Waals surface area contributed by atoms with Crippen molar-refractivity contribution >= 4 is 27.5 Å². The van der Waals surface area contributed by atoms with Crippen LogP contribution in [0.15, 0.2) is 29.2 Å². The van der Waals surface area contributed by atoms with Crippen LogP contribution in [0.5, 0.6) is 0 Å². The van der Waals surface area contributed by atoms with Gasteiger partial charge in [-0.25, -0.2) is 13.1 Å². The third kappa shape index (κ3) is 3.68. The van der Waals surface area contributed by atoms with E-state index in [1.165, 1.54) is 0 Å². The summed E-state index contributed by atoms with van der Waals surface area (Å²) in [6, 6.07) is 6.98. The van der Waals surface area contributed by atoms with Crippen molar-refractivity contribution in [3.63, 3.8) is 0 Å². The van der Waals surface area contributed by atoms with E-state index in [0.717, 1.165) is 31.5 Å². The van der Waals surface area contributed by atoms with Crippen LogP contribution >= 0.6 is 11.8 Å². The van der Waals surface area contributed by atoms with Crippen LogP contribution in [0.2, 0.25) is 0 Å². The molecule has 2 unspecified atom stereocenters. The smallest absolute Gasteiger partial charge is 0.240 e. The lowest BCUT2D eigenvalue weighted by molar-refractivity contribution is 0.555. The summed E-state index contributed by atoms with van der Waals surface area (Å²) in [7, 11) is -3.41. The minimum Gasteiger partial charge on any atom is -0.385 e. The van der Waals surface area contributed by atoms with Crippen LogP contribution in [-0.2, 0) is 10.0 Å². The molecule has 1 saturated carbocycles. The van der Waals surface area contributed by atoms with Crippen LogP contribution < -0.4 is 10.0 Å². The average Bonchev–Trinajstić information content (AvgIpc) is 2.86. The summed E-state index contributed by atoms with van der Waals surface area (Å²) in [6.07, 6.45) is 5.16. The molecule has 20 heavy (non-hydrogen) atoms. The zero-order chi connectivity index (χ0) is 14.6. The molecule has 0 aliphatic heterocycles. The number of sulfonamides is 1. The Morgan fingerprint density at radius 2 is 1.95 bits per heavy atom. The quantitative estimate of drug-likeness (QED) is 0.847. The minimum absolute atomic E-state index is 0.0587. The van der Waals surface area contributed by atoms with Gasteiger partial charge in [-0.15, -0.1) is 0 Å². The van der Waals surface area contributed by atoms with Gasteiger partial charge in [-0.3, -0.25) is 0 Å². The predicted molar refractivity (Wildman–Crippen MR) is 85.9 cm³/mol. The Labute approximate surface area is 125 Å². The molecule has 0 radical (unpaired) electrons. The number of anilines is 1. The first-order chi connectivity index (χ1) is 9.56. The van der Waals surface area contributed by atoms with Crippen molar-refractivity contribution in [2.24, 2.45) is 0 Å². The summed E-state index contributed by atoms with van der Waals surface area (Å²) < 4.78 is 27.6. The van der Waals surface area contributed by atoms with Crippen LogP contribution in [0, 0.1) is 0 Å². The highest BCUT2D eigenvalue weighted by atomic mass is 32.2. The fourth-order valence-corrected chi connectivity index (χ4v) is 4.90. The van der Waals surface area contributed by atoms with Crippen LogP contribution in [0.1, 0.15) is 26.2 Å². The molecule has 0 amide bonds. The predicted octanol–water partition coefficient (Wildman–Crippen LogP) is 2.68. The van der Waals surface area contributed by atoms with Gasteiger partial charge < -0.3 is 5.32 Å². The Morgan fingerprint density at radius 3 is 2.55 bits per heavy atom. The minimum atomic E-state index is -3.41. The van der Waals surface area contributed by atoms with Crippen molar-refractivity contribution in [3.8, 4) is 0 Å². The van der Waals surface area contributed by atoms with Crippen molar-refractivity contribution in [2.45, 2.75) is 42.4 Å². The maximum absolute atomic E-state index is 12.4. The number of nitrogens with one attached hydrogen (secondary N) is 2. The molecule has 4 nitrogen and oxygen atoms in total. The van der Waals surface area contributed by atoms with E-state index in [2.05, 4.69) is 10.0 Å². The van der Waals surface area contributed by atoms with Crippen LogP contribution in [-0.4, -0.2) is 32.5 Å². The van der Waals surface area contributed by atoms with Gasteiger partial charge in [0.05, 0.1) is 4.90 Å². The molecule has 0 aromatic heterocycles. The van der Waals surface area contributed by atoms with Gasteiger partial charge >= 0.3 is 0 Å². The Hall–Kier alpha value is -0.720. The molecule has 2 rings (SSSR count). The average molecular weight is 314 g/mol. The molecule has 0 bridgehead atoms. The van der Waals surface area contributed by atoms with Gasteiger partial charge in [-0.05, 0) is 50.3 Å². The van der Waals surface area contributed by atoms with E-state index >= 15 is 0 Å². The summed E-state index contributed by atoms with van der Waals surface area (Å²) in [6.45, 7) is 2.83. The number of rotatable bonds is 6. The van der Waals surface area contributed by atoms with Gasteiger partial charge in [0.15, 0.2) is 0 Å². The molecular formula is C14H22N2O2S2. The molecule has 0 saturated heterocycles. The largest absolute Gasteiger partial charge is 0.385 e. The summed E-state index contributed by atoms with van der Waals surface area (Å²) in [5.74, 6) is 0. The number of hydrogen-bond acceptors (Lipinski definition) is 4. The van der Waals surface area contributed by atoms with Gasteiger partial charge in [-0.2, -0.15) is 11.8 Å². The third-order valence-electron chi connectivity index (χ3n) is 3.61. The standard InChI is InChI=1S/C14H22N2O2S2/c1-3-15-11-7-9-12(10-8-11)20(17,18)16-13-5-4-6-14(13)19-2/h7-10,13-16H,3-6H2,1-2H3. The van der Waals surface area contributed by atoms with Gasteiger partial charge in [-0.1, -0.05) is 6.42 Å². The Morgan fingerprint density at radius 1 is 1.25 bits per heavy atom. The molecule has 1 aromatic carbocycles. The maximum Gasteiger partial charge on any atom is 0.240 e. The fourth-order valence-electron chi connectivity index (χ4n) is 2.57. The molecule has 0 heterocycles. The molecule has 6 heteroatoms. The molecule has 1 aliphatic carbocycles. The van der Waals surface area contributed by atoms with E-state index < -0.39 is 10.0 Å². The van der Waals surface area contributed by atoms with E-state index in [4.69, 9.17) is 0 Å².